The maximum absolute atomic E-state index is 13.0. The molecule has 0 bridgehead atoms. The fourth-order valence-electron chi connectivity index (χ4n) is 1.67. The summed E-state index contributed by atoms with van der Waals surface area (Å²) in [5, 5.41) is 3.20. The lowest BCUT2D eigenvalue weighted by atomic mass is 10.2. The maximum Gasteiger partial charge on any atom is 0.262 e. The number of benzene rings is 2. The number of nitrogens with two attached hydrogens (primary N) is 1. The number of rotatable bonds is 4. The normalized spacial score (nSPS) is 10.2. The van der Waals surface area contributed by atoms with Crippen LogP contribution >= 0.6 is 11.6 Å². The quantitative estimate of drug-likeness (QED) is 0.851. The summed E-state index contributed by atoms with van der Waals surface area (Å²) < 4.78 is 18.4. The van der Waals surface area contributed by atoms with Crippen LogP contribution in [0.5, 0.6) is 5.75 Å². The molecular formula is C15H14ClFN2O2. The van der Waals surface area contributed by atoms with Gasteiger partial charge in [-0.2, -0.15) is 0 Å². The smallest absolute Gasteiger partial charge is 0.262 e. The molecule has 0 spiro atoms. The second-order valence-electron chi connectivity index (χ2n) is 4.48. The predicted octanol–water partition coefficient (Wildman–Crippen LogP) is 3.39. The third kappa shape index (κ3) is 4.10. The zero-order chi connectivity index (χ0) is 15.4. The van der Waals surface area contributed by atoms with Crippen LogP contribution in [-0.2, 0) is 4.79 Å². The highest BCUT2D eigenvalue weighted by Gasteiger charge is 2.06. The minimum atomic E-state index is -0.527. The second-order valence-corrected chi connectivity index (χ2v) is 4.89. The molecule has 6 heteroatoms. The van der Waals surface area contributed by atoms with Crippen LogP contribution in [0.2, 0.25) is 5.02 Å². The van der Waals surface area contributed by atoms with Crippen molar-refractivity contribution in [3.63, 3.8) is 0 Å². The molecule has 0 saturated heterocycles. The summed E-state index contributed by atoms with van der Waals surface area (Å²) in [5.74, 6) is -0.347. The third-order valence-corrected chi connectivity index (χ3v) is 3.20. The summed E-state index contributed by atoms with van der Waals surface area (Å²) in [6.07, 6.45) is 0. The molecule has 0 aromatic heterocycles. The average molecular weight is 309 g/mol. The van der Waals surface area contributed by atoms with Crippen LogP contribution in [-0.4, -0.2) is 12.5 Å². The van der Waals surface area contributed by atoms with E-state index in [4.69, 9.17) is 22.1 Å². The van der Waals surface area contributed by atoms with Crippen molar-refractivity contribution in [1.29, 1.82) is 0 Å². The molecule has 0 unspecified atom stereocenters. The molecular weight excluding hydrogens is 295 g/mol. The summed E-state index contributed by atoms with van der Waals surface area (Å²) in [6, 6.07) is 9.08. The molecule has 0 saturated carbocycles. The van der Waals surface area contributed by atoms with Crippen molar-refractivity contribution >= 4 is 28.9 Å². The van der Waals surface area contributed by atoms with Crippen molar-refractivity contribution < 1.29 is 13.9 Å². The number of amides is 1. The number of anilines is 2. The van der Waals surface area contributed by atoms with E-state index in [1.807, 2.05) is 6.92 Å². The SMILES string of the molecule is Cc1cc(OCC(=O)Nc2ccc(F)c(N)c2)ccc1Cl. The summed E-state index contributed by atoms with van der Waals surface area (Å²) in [7, 11) is 0. The minimum absolute atomic E-state index is 0.0259. The summed E-state index contributed by atoms with van der Waals surface area (Å²) in [6.45, 7) is 1.68. The van der Waals surface area contributed by atoms with Crippen LogP contribution < -0.4 is 15.8 Å². The number of carbonyl (C=O) groups excluding carboxylic acids is 1. The molecule has 110 valence electrons. The van der Waals surface area contributed by atoms with Crippen molar-refractivity contribution in [2.45, 2.75) is 6.92 Å². The van der Waals surface area contributed by atoms with E-state index in [2.05, 4.69) is 5.32 Å². The molecule has 0 aliphatic carbocycles. The first-order valence-corrected chi connectivity index (χ1v) is 6.57. The van der Waals surface area contributed by atoms with Crippen molar-refractivity contribution in [2.75, 3.05) is 17.7 Å². The molecule has 2 rings (SSSR count). The number of ether oxygens (including phenoxy) is 1. The Labute approximate surface area is 126 Å². The molecule has 3 N–H and O–H groups in total. The van der Waals surface area contributed by atoms with Gasteiger partial charge in [0.25, 0.3) is 5.91 Å². The van der Waals surface area contributed by atoms with Gasteiger partial charge in [0.05, 0.1) is 5.69 Å². The standard InChI is InChI=1S/C15H14ClFN2O2/c1-9-6-11(3-4-12(9)16)21-8-15(20)19-10-2-5-13(17)14(18)7-10/h2-7H,8,18H2,1H3,(H,19,20). The van der Waals surface area contributed by atoms with Crippen LogP contribution in [0.4, 0.5) is 15.8 Å². The molecule has 4 nitrogen and oxygen atoms in total. The van der Waals surface area contributed by atoms with Crippen LogP contribution in [0, 0.1) is 12.7 Å². The zero-order valence-corrected chi connectivity index (χ0v) is 12.1. The second kappa shape index (κ2) is 6.45. The van der Waals surface area contributed by atoms with Gasteiger partial charge in [-0.25, -0.2) is 4.39 Å². The van der Waals surface area contributed by atoms with E-state index >= 15 is 0 Å². The number of nitrogens with one attached hydrogen (secondary N) is 1. The first-order valence-electron chi connectivity index (χ1n) is 6.19. The Bertz CT molecular complexity index is 677. The molecule has 0 fully saturated rings. The van der Waals surface area contributed by atoms with Gasteiger partial charge in [0, 0.05) is 10.7 Å². The van der Waals surface area contributed by atoms with E-state index in [1.54, 1.807) is 18.2 Å². The van der Waals surface area contributed by atoms with Crippen LogP contribution in [0.25, 0.3) is 0 Å². The summed E-state index contributed by atoms with van der Waals surface area (Å²) in [5.41, 5.74) is 6.67. The van der Waals surface area contributed by atoms with Gasteiger partial charge in [-0.3, -0.25) is 4.79 Å². The van der Waals surface area contributed by atoms with Gasteiger partial charge >= 0.3 is 0 Å². The number of aryl methyl sites for hydroxylation is 1. The fourth-order valence-corrected chi connectivity index (χ4v) is 1.79. The molecule has 1 amide bonds. The van der Waals surface area contributed by atoms with Gasteiger partial charge in [0.1, 0.15) is 11.6 Å². The lowest BCUT2D eigenvalue weighted by Gasteiger charge is -2.09. The van der Waals surface area contributed by atoms with Gasteiger partial charge in [-0.1, -0.05) is 11.6 Å². The Morgan fingerprint density at radius 2 is 2.10 bits per heavy atom. The summed E-state index contributed by atoms with van der Waals surface area (Å²) >= 11 is 5.90. The highest BCUT2D eigenvalue weighted by Crippen LogP contribution is 2.21. The Balaban J connectivity index is 1.92. The Morgan fingerprint density at radius 3 is 2.76 bits per heavy atom. The topological polar surface area (TPSA) is 64.3 Å². The van der Waals surface area contributed by atoms with Crippen LogP contribution in [0.3, 0.4) is 0 Å². The van der Waals surface area contributed by atoms with Gasteiger partial charge in [0.15, 0.2) is 6.61 Å². The molecule has 0 aliphatic rings. The average Bonchev–Trinajstić information content (AvgIpc) is 2.44. The maximum atomic E-state index is 13.0. The Morgan fingerprint density at radius 1 is 1.33 bits per heavy atom. The third-order valence-electron chi connectivity index (χ3n) is 2.78. The summed E-state index contributed by atoms with van der Waals surface area (Å²) in [4.78, 5) is 11.7. The van der Waals surface area contributed by atoms with Gasteiger partial charge in [-0.15, -0.1) is 0 Å². The van der Waals surface area contributed by atoms with E-state index in [0.717, 1.165) is 5.56 Å². The Hall–Kier alpha value is -2.27. The molecule has 0 atom stereocenters. The minimum Gasteiger partial charge on any atom is -0.484 e. The van der Waals surface area contributed by atoms with Crippen molar-refractivity contribution in [3.05, 3.63) is 52.8 Å². The fraction of sp³-hybridized carbons (Fsp3) is 0.133. The van der Waals surface area contributed by atoms with Crippen molar-refractivity contribution in [2.24, 2.45) is 0 Å². The van der Waals surface area contributed by atoms with Gasteiger partial charge in [-0.05, 0) is 48.9 Å². The Kier molecular flexibility index (Phi) is 4.65. The lowest BCUT2D eigenvalue weighted by molar-refractivity contribution is -0.118. The molecule has 0 aliphatic heterocycles. The number of nitrogen functional groups attached to an aromatic ring is 1. The van der Waals surface area contributed by atoms with Crippen LogP contribution in [0.15, 0.2) is 36.4 Å². The molecule has 0 heterocycles. The van der Waals surface area contributed by atoms with Crippen molar-refractivity contribution in [1.82, 2.24) is 0 Å². The van der Waals surface area contributed by atoms with E-state index in [9.17, 15) is 9.18 Å². The first kappa shape index (κ1) is 15.1. The number of hydrogen-bond donors (Lipinski definition) is 2. The van der Waals surface area contributed by atoms with E-state index in [0.29, 0.717) is 16.5 Å². The molecule has 0 radical (unpaired) electrons. The van der Waals surface area contributed by atoms with E-state index in [-0.39, 0.29) is 18.2 Å². The zero-order valence-electron chi connectivity index (χ0n) is 11.3. The highest BCUT2D eigenvalue weighted by molar-refractivity contribution is 6.31. The first-order chi connectivity index (χ1) is 9.95. The highest BCUT2D eigenvalue weighted by atomic mass is 35.5. The van der Waals surface area contributed by atoms with E-state index < -0.39 is 5.82 Å². The largest absolute Gasteiger partial charge is 0.484 e. The number of hydrogen-bond acceptors (Lipinski definition) is 3. The molecule has 21 heavy (non-hydrogen) atoms. The van der Waals surface area contributed by atoms with E-state index in [1.165, 1.54) is 18.2 Å². The monoisotopic (exact) mass is 308 g/mol. The lowest BCUT2D eigenvalue weighted by Crippen LogP contribution is -2.20. The number of carbonyl (C=O) groups is 1. The van der Waals surface area contributed by atoms with Crippen LogP contribution in [0.1, 0.15) is 5.56 Å². The van der Waals surface area contributed by atoms with Crippen molar-refractivity contribution in [3.8, 4) is 5.75 Å². The predicted molar refractivity (Wildman–Crippen MR) is 81.1 cm³/mol. The molecule has 2 aromatic carbocycles. The molecule has 2 aromatic rings. The number of halogens is 2. The van der Waals surface area contributed by atoms with Gasteiger partial charge in [0.2, 0.25) is 0 Å². The van der Waals surface area contributed by atoms with Gasteiger partial charge < -0.3 is 15.8 Å².